The summed E-state index contributed by atoms with van der Waals surface area (Å²) in [5.74, 6) is -1.36. The van der Waals surface area contributed by atoms with E-state index in [1.54, 1.807) is 24.3 Å². The van der Waals surface area contributed by atoms with Crippen molar-refractivity contribution >= 4 is 34.9 Å². The molecule has 0 atom stereocenters. The third-order valence-electron chi connectivity index (χ3n) is 3.79. The van der Waals surface area contributed by atoms with Crippen LogP contribution >= 0.6 is 11.6 Å². The Bertz CT molecular complexity index is 873. The fraction of sp³-hybridized carbons (Fsp3) is 0.263. The molecule has 2 rings (SSSR count). The number of amides is 1. The van der Waals surface area contributed by atoms with Crippen LogP contribution in [0.4, 0.5) is 11.4 Å². The van der Waals surface area contributed by atoms with Crippen LogP contribution in [0.3, 0.4) is 0 Å². The SMILES string of the molecule is COCCNc1ccc([N+](=O)[O-])cc1C(=O)OCC(=O)NCc1ccc(Cl)cc1. The Morgan fingerprint density at radius 1 is 1.17 bits per heavy atom. The lowest BCUT2D eigenvalue weighted by Crippen LogP contribution is -2.28. The standard InChI is InChI=1S/C19H20ClN3O6/c1-28-9-8-21-17-7-6-15(23(26)27)10-16(17)19(25)29-12-18(24)22-11-13-2-4-14(20)5-3-13/h2-7,10,21H,8-9,11-12H2,1H3,(H,22,24). The van der Waals surface area contributed by atoms with Gasteiger partial charge in [-0.15, -0.1) is 0 Å². The Labute approximate surface area is 172 Å². The number of hydrogen-bond donors (Lipinski definition) is 2. The van der Waals surface area contributed by atoms with E-state index in [0.717, 1.165) is 11.6 Å². The van der Waals surface area contributed by atoms with Crippen molar-refractivity contribution in [3.8, 4) is 0 Å². The third kappa shape index (κ3) is 7.05. The summed E-state index contributed by atoms with van der Waals surface area (Å²) in [7, 11) is 1.52. The van der Waals surface area contributed by atoms with Gasteiger partial charge in [0.25, 0.3) is 11.6 Å². The summed E-state index contributed by atoms with van der Waals surface area (Å²) in [6.07, 6.45) is 0. The zero-order valence-electron chi connectivity index (χ0n) is 15.6. The topological polar surface area (TPSA) is 120 Å². The summed E-state index contributed by atoms with van der Waals surface area (Å²) in [6, 6.07) is 10.7. The van der Waals surface area contributed by atoms with Crippen molar-refractivity contribution in [1.29, 1.82) is 0 Å². The number of nitro groups is 1. The molecule has 10 heteroatoms. The van der Waals surface area contributed by atoms with Gasteiger partial charge in [0.15, 0.2) is 6.61 Å². The maximum absolute atomic E-state index is 12.4. The number of nitrogens with zero attached hydrogens (tertiary/aromatic N) is 1. The van der Waals surface area contributed by atoms with Crippen molar-refractivity contribution in [3.63, 3.8) is 0 Å². The first-order chi connectivity index (χ1) is 13.9. The fourth-order valence-corrected chi connectivity index (χ4v) is 2.45. The van der Waals surface area contributed by atoms with E-state index in [9.17, 15) is 19.7 Å². The summed E-state index contributed by atoms with van der Waals surface area (Å²) in [5, 5.41) is 17.1. The van der Waals surface area contributed by atoms with Crippen LogP contribution in [-0.4, -0.2) is 43.7 Å². The molecule has 0 unspecified atom stereocenters. The van der Waals surface area contributed by atoms with Gasteiger partial charge < -0.3 is 20.1 Å². The molecular formula is C19H20ClN3O6. The zero-order valence-corrected chi connectivity index (χ0v) is 16.4. The van der Waals surface area contributed by atoms with E-state index < -0.39 is 23.4 Å². The first-order valence-corrected chi connectivity index (χ1v) is 8.98. The van der Waals surface area contributed by atoms with Crippen molar-refractivity contribution in [3.05, 3.63) is 68.7 Å². The molecule has 9 nitrogen and oxygen atoms in total. The molecule has 0 bridgehead atoms. The molecular weight excluding hydrogens is 402 g/mol. The number of esters is 1. The number of carbonyl (C=O) groups excluding carboxylic acids is 2. The summed E-state index contributed by atoms with van der Waals surface area (Å²) in [6.45, 7) is 0.482. The quantitative estimate of drug-likeness (QED) is 0.262. The second-order valence-corrected chi connectivity index (χ2v) is 6.32. The minimum atomic E-state index is -0.852. The Morgan fingerprint density at radius 2 is 1.90 bits per heavy atom. The smallest absolute Gasteiger partial charge is 0.341 e. The number of ether oxygens (including phenoxy) is 2. The van der Waals surface area contributed by atoms with Gasteiger partial charge in [-0.3, -0.25) is 14.9 Å². The minimum absolute atomic E-state index is 0.0409. The number of non-ortho nitro benzene ring substituents is 1. The summed E-state index contributed by atoms with van der Waals surface area (Å²) in [5.41, 5.74) is 0.874. The van der Waals surface area contributed by atoms with Gasteiger partial charge in [-0.2, -0.15) is 0 Å². The highest BCUT2D eigenvalue weighted by Gasteiger charge is 2.19. The van der Waals surface area contributed by atoms with E-state index in [-0.39, 0.29) is 17.8 Å². The first kappa shape index (κ1) is 22.1. The van der Waals surface area contributed by atoms with Crippen molar-refractivity contribution in [2.45, 2.75) is 6.54 Å². The summed E-state index contributed by atoms with van der Waals surface area (Å²) < 4.78 is 9.94. The van der Waals surface area contributed by atoms with Crippen LogP contribution in [-0.2, 0) is 20.8 Å². The van der Waals surface area contributed by atoms with Crippen LogP contribution in [0.25, 0.3) is 0 Å². The monoisotopic (exact) mass is 421 g/mol. The number of anilines is 1. The van der Waals surface area contributed by atoms with Crippen molar-refractivity contribution in [2.75, 3.05) is 32.2 Å². The molecule has 0 aliphatic carbocycles. The van der Waals surface area contributed by atoms with Gasteiger partial charge >= 0.3 is 5.97 Å². The third-order valence-corrected chi connectivity index (χ3v) is 4.04. The number of halogens is 1. The molecule has 0 radical (unpaired) electrons. The van der Waals surface area contributed by atoms with Crippen LogP contribution in [0.5, 0.6) is 0 Å². The van der Waals surface area contributed by atoms with E-state index in [0.29, 0.717) is 23.9 Å². The molecule has 1 amide bonds. The van der Waals surface area contributed by atoms with E-state index >= 15 is 0 Å². The van der Waals surface area contributed by atoms with Gasteiger partial charge in [-0.1, -0.05) is 23.7 Å². The Balaban J connectivity index is 1.96. The number of methoxy groups -OCH3 is 1. The lowest BCUT2D eigenvalue weighted by atomic mass is 10.1. The van der Waals surface area contributed by atoms with Gasteiger partial charge in [-0.05, 0) is 23.8 Å². The van der Waals surface area contributed by atoms with Gasteiger partial charge in [0.05, 0.1) is 17.1 Å². The molecule has 0 fully saturated rings. The molecule has 154 valence electrons. The molecule has 2 aromatic rings. The molecule has 2 aromatic carbocycles. The van der Waals surface area contributed by atoms with Crippen LogP contribution < -0.4 is 10.6 Å². The first-order valence-electron chi connectivity index (χ1n) is 8.60. The Morgan fingerprint density at radius 3 is 2.55 bits per heavy atom. The average molecular weight is 422 g/mol. The number of hydrogen-bond acceptors (Lipinski definition) is 7. The molecule has 0 spiro atoms. The number of rotatable bonds is 10. The highest BCUT2D eigenvalue weighted by Crippen LogP contribution is 2.23. The van der Waals surface area contributed by atoms with Crippen molar-refractivity contribution < 1.29 is 24.0 Å². The van der Waals surface area contributed by atoms with Gasteiger partial charge in [0.1, 0.15) is 0 Å². The second-order valence-electron chi connectivity index (χ2n) is 5.89. The fourth-order valence-electron chi connectivity index (χ4n) is 2.32. The normalized spacial score (nSPS) is 10.3. The Hall–Kier alpha value is -3.17. The number of nitrogens with one attached hydrogen (secondary N) is 2. The number of carbonyl (C=O) groups is 2. The van der Waals surface area contributed by atoms with E-state index in [4.69, 9.17) is 21.1 Å². The van der Waals surface area contributed by atoms with Crippen LogP contribution in [0.2, 0.25) is 5.02 Å². The summed E-state index contributed by atoms with van der Waals surface area (Å²) >= 11 is 5.80. The zero-order chi connectivity index (χ0) is 21.2. The second kappa shape index (κ2) is 11.0. The molecule has 29 heavy (non-hydrogen) atoms. The maximum atomic E-state index is 12.4. The van der Waals surface area contributed by atoms with Gasteiger partial charge in [-0.25, -0.2) is 4.79 Å². The van der Waals surface area contributed by atoms with Crippen LogP contribution in [0, 0.1) is 10.1 Å². The summed E-state index contributed by atoms with van der Waals surface area (Å²) in [4.78, 5) is 34.7. The predicted octanol–water partition coefficient (Wildman–Crippen LogP) is 2.78. The molecule has 0 saturated carbocycles. The molecule has 2 N–H and O–H groups in total. The van der Waals surface area contributed by atoms with Crippen LogP contribution in [0.15, 0.2) is 42.5 Å². The van der Waals surface area contributed by atoms with E-state index in [2.05, 4.69) is 10.6 Å². The molecule has 0 aliphatic heterocycles. The predicted molar refractivity (Wildman–Crippen MR) is 107 cm³/mol. The highest BCUT2D eigenvalue weighted by atomic mass is 35.5. The molecule has 0 heterocycles. The van der Waals surface area contributed by atoms with Gasteiger partial charge in [0.2, 0.25) is 0 Å². The Kier molecular flexibility index (Phi) is 8.38. The van der Waals surface area contributed by atoms with Crippen molar-refractivity contribution in [2.24, 2.45) is 0 Å². The molecule has 0 aliphatic rings. The van der Waals surface area contributed by atoms with E-state index in [1.165, 1.54) is 19.2 Å². The molecule has 0 saturated heterocycles. The van der Waals surface area contributed by atoms with Gasteiger partial charge in [0, 0.05) is 43.0 Å². The maximum Gasteiger partial charge on any atom is 0.341 e. The lowest BCUT2D eigenvalue weighted by Gasteiger charge is -2.12. The molecule has 0 aromatic heterocycles. The number of benzene rings is 2. The highest BCUT2D eigenvalue weighted by molar-refractivity contribution is 6.30. The van der Waals surface area contributed by atoms with Crippen molar-refractivity contribution in [1.82, 2.24) is 5.32 Å². The average Bonchev–Trinajstić information content (AvgIpc) is 2.71. The lowest BCUT2D eigenvalue weighted by molar-refractivity contribution is -0.384. The minimum Gasteiger partial charge on any atom is -0.452 e. The largest absolute Gasteiger partial charge is 0.452 e. The van der Waals surface area contributed by atoms with E-state index in [1.807, 2.05) is 0 Å². The van der Waals surface area contributed by atoms with Crippen LogP contribution in [0.1, 0.15) is 15.9 Å². The number of nitro benzene ring substituents is 1.